The first-order chi connectivity index (χ1) is 16.0. The van der Waals surface area contributed by atoms with Crippen molar-refractivity contribution in [1.82, 2.24) is 20.1 Å². The highest BCUT2D eigenvalue weighted by atomic mass is 35.5. The smallest absolute Gasteiger partial charge is 0.253 e. The lowest BCUT2D eigenvalue weighted by Crippen LogP contribution is -2.54. The summed E-state index contributed by atoms with van der Waals surface area (Å²) < 4.78 is 14.6. The maximum absolute atomic E-state index is 14.6. The molecule has 0 radical (unpaired) electrons. The number of pyridine rings is 1. The molecule has 0 spiro atoms. The lowest BCUT2D eigenvalue weighted by atomic mass is 10.0. The number of piperazine rings is 1. The maximum atomic E-state index is 14.6. The number of fused-ring (bicyclic) bond motifs is 1. The fraction of sp³-hybridized carbons (Fsp3) is 0.200. The first-order valence-corrected chi connectivity index (χ1v) is 11.1. The Kier molecular flexibility index (Phi) is 5.64. The molecule has 0 aliphatic carbocycles. The van der Waals surface area contributed by atoms with E-state index in [1.165, 1.54) is 6.07 Å². The second-order valence-electron chi connectivity index (χ2n) is 8.08. The zero-order valence-electron chi connectivity index (χ0n) is 17.9. The Bertz CT molecular complexity index is 1330. The third-order valence-corrected chi connectivity index (χ3v) is 6.19. The summed E-state index contributed by atoms with van der Waals surface area (Å²) in [5.41, 5.74) is 1.46. The molecule has 1 aliphatic heterocycles. The maximum Gasteiger partial charge on any atom is 0.253 e. The molecule has 0 bridgehead atoms. The summed E-state index contributed by atoms with van der Waals surface area (Å²) in [6, 6.07) is 15.6. The van der Waals surface area contributed by atoms with Crippen LogP contribution in [0.1, 0.15) is 17.3 Å². The molecule has 33 heavy (non-hydrogen) atoms. The predicted molar refractivity (Wildman–Crippen MR) is 127 cm³/mol. The zero-order chi connectivity index (χ0) is 22.9. The molecular weight excluding hydrogens is 441 g/mol. The van der Waals surface area contributed by atoms with E-state index >= 15 is 0 Å². The van der Waals surface area contributed by atoms with Gasteiger partial charge < -0.3 is 9.80 Å². The number of amides is 1. The minimum Gasteiger partial charge on any atom is -0.348 e. The Morgan fingerprint density at radius 2 is 1.88 bits per heavy atom. The summed E-state index contributed by atoms with van der Waals surface area (Å²) in [4.78, 5) is 21.2. The molecule has 5 rings (SSSR count). The van der Waals surface area contributed by atoms with Crippen molar-refractivity contribution in [3.8, 4) is 11.3 Å². The standard InChI is InChI=1S/C25H21ClFN5O/c1-16-15-31(25(33)17-5-3-2-4-6-17)11-12-32(16)24-21-14-28-10-9-19(21)23(29-30-24)20-8-7-18(26)13-22(20)27/h2-10,13-14,16H,11-12,15H2,1H3/t16-/m1/s1. The Labute approximate surface area is 195 Å². The Hall–Kier alpha value is -3.58. The van der Waals surface area contributed by atoms with Gasteiger partial charge in [-0.3, -0.25) is 9.78 Å². The number of hydrogen-bond acceptors (Lipinski definition) is 5. The minimum absolute atomic E-state index is 0.0160. The number of aromatic nitrogens is 3. The van der Waals surface area contributed by atoms with Crippen molar-refractivity contribution in [2.45, 2.75) is 13.0 Å². The van der Waals surface area contributed by atoms with E-state index in [4.69, 9.17) is 11.6 Å². The molecule has 166 valence electrons. The van der Waals surface area contributed by atoms with Gasteiger partial charge in [-0.25, -0.2) is 4.39 Å². The van der Waals surface area contributed by atoms with Crippen LogP contribution in [0.4, 0.5) is 10.2 Å². The summed E-state index contributed by atoms with van der Waals surface area (Å²) in [7, 11) is 0. The van der Waals surface area contributed by atoms with E-state index in [2.05, 4.69) is 27.0 Å². The van der Waals surface area contributed by atoms with Gasteiger partial charge >= 0.3 is 0 Å². The summed E-state index contributed by atoms with van der Waals surface area (Å²) in [5, 5.41) is 10.7. The van der Waals surface area contributed by atoms with Crippen molar-refractivity contribution in [1.29, 1.82) is 0 Å². The van der Waals surface area contributed by atoms with Crippen LogP contribution in [0.15, 0.2) is 67.0 Å². The molecule has 2 aromatic heterocycles. The lowest BCUT2D eigenvalue weighted by Gasteiger charge is -2.40. The molecule has 8 heteroatoms. The highest BCUT2D eigenvalue weighted by Gasteiger charge is 2.30. The summed E-state index contributed by atoms with van der Waals surface area (Å²) >= 11 is 5.92. The zero-order valence-corrected chi connectivity index (χ0v) is 18.7. The SMILES string of the molecule is C[C@@H]1CN(C(=O)c2ccccc2)CCN1c1nnc(-c2ccc(Cl)cc2F)c2ccncc12. The van der Waals surface area contributed by atoms with E-state index < -0.39 is 5.82 Å². The van der Waals surface area contributed by atoms with E-state index in [0.717, 1.165) is 10.8 Å². The average Bonchev–Trinajstić information content (AvgIpc) is 2.84. The number of carbonyl (C=O) groups is 1. The molecule has 1 amide bonds. The molecule has 2 aromatic carbocycles. The molecule has 1 aliphatic rings. The van der Waals surface area contributed by atoms with Crippen molar-refractivity contribution in [3.63, 3.8) is 0 Å². The van der Waals surface area contributed by atoms with Crippen LogP contribution in [0.2, 0.25) is 5.02 Å². The number of anilines is 1. The molecule has 1 fully saturated rings. The Balaban J connectivity index is 1.47. The van der Waals surface area contributed by atoms with Crippen molar-refractivity contribution in [2.24, 2.45) is 0 Å². The van der Waals surface area contributed by atoms with Gasteiger partial charge in [0.1, 0.15) is 11.5 Å². The number of rotatable bonds is 3. The molecule has 6 nitrogen and oxygen atoms in total. The molecule has 0 unspecified atom stereocenters. The first kappa shape index (κ1) is 21.3. The number of benzene rings is 2. The second kappa shape index (κ2) is 8.75. The van der Waals surface area contributed by atoms with Crippen molar-refractivity contribution in [2.75, 3.05) is 24.5 Å². The van der Waals surface area contributed by atoms with E-state index in [1.807, 2.05) is 41.3 Å². The molecule has 4 aromatic rings. The van der Waals surface area contributed by atoms with Gasteiger partial charge in [0.2, 0.25) is 0 Å². The van der Waals surface area contributed by atoms with Crippen LogP contribution in [-0.2, 0) is 0 Å². The topological polar surface area (TPSA) is 62.2 Å². The van der Waals surface area contributed by atoms with Gasteiger partial charge in [-0.2, -0.15) is 0 Å². The fourth-order valence-electron chi connectivity index (χ4n) is 4.30. The van der Waals surface area contributed by atoms with Crippen LogP contribution in [0, 0.1) is 5.82 Å². The number of nitrogens with zero attached hydrogens (tertiary/aromatic N) is 5. The lowest BCUT2D eigenvalue weighted by molar-refractivity contribution is 0.0726. The largest absolute Gasteiger partial charge is 0.348 e. The predicted octanol–water partition coefficient (Wildman–Crippen LogP) is 4.84. The monoisotopic (exact) mass is 461 g/mol. The Morgan fingerprint density at radius 1 is 1.06 bits per heavy atom. The summed E-state index contributed by atoms with van der Waals surface area (Å²) in [6.07, 6.45) is 3.38. The van der Waals surface area contributed by atoms with E-state index in [0.29, 0.717) is 47.3 Å². The van der Waals surface area contributed by atoms with Crippen LogP contribution >= 0.6 is 11.6 Å². The van der Waals surface area contributed by atoms with Crippen LogP contribution in [0.25, 0.3) is 22.0 Å². The van der Waals surface area contributed by atoms with Crippen LogP contribution in [0.3, 0.4) is 0 Å². The first-order valence-electron chi connectivity index (χ1n) is 10.7. The van der Waals surface area contributed by atoms with Gasteiger partial charge in [-0.15, -0.1) is 10.2 Å². The molecule has 0 saturated carbocycles. The molecule has 1 atom stereocenters. The average molecular weight is 462 g/mol. The van der Waals surface area contributed by atoms with Crippen molar-refractivity contribution >= 4 is 34.1 Å². The molecular formula is C25H21ClFN5O. The van der Waals surface area contributed by atoms with E-state index in [-0.39, 0.29) is 11.9 Å². The third-order valence-electron chi connectivity index (χ3n) is 5.96. The second-order valence-corrected chi connectivity index (χ2v) is 8.51. The normalized spacial score (nSPS) is 16.3. The molecule has 3 heterocycles. The van der Waals surface area contributed by atoms with Gasteiger partial charge in [-0.05, 0) is 43.3 Å². The van der Waals surface area contributed by atoms with Gasteiger partial charge in [-0.1, -0.05) is 29.8 Å². The van der Waals surface area contributed by atoms with Gasteiger partial charge in [0.05, 0.1) is 0 Å². The van der Waals surface area contributed by atoms with Gasteiger partial charge in [0, 0.05) is 65.0 Å². The van der Waals surface area contributed by atoms with Crippen molar-refractivity contribution in [3.05, 3.63) is 83.4 Å². The number of carbonyl (C=O) groups excluding carboxylic acids is 1. The van der Waals surface area contributed by atoms with Crippen LogP contribution < -0.4 is 4.90 Å². The number of hydrogen-bond donors (Lipinski definition) is 0. The van der Waals surface area contributed by atoms with Gasteiger partial charge in [0.15, 0.2) is 5.82 Å². The Morgan fingerprint density at radius 3 is 2.64 bits per heavy atom. The highest BCUT2D eigenvalue weighted by Crippen LogP contribution is 2.34. The quantitative estimate of drug-likeness (QED) is 0.437. The fourth-order valence-corrected chi connectivity index (χ4v) is 4.46. The summed E-state index contributed by atoms with van der Waals surface area (Å²) in [6.45, 7) is 3.79. The third kappa shape index (κ3) is 4.00. The van der Waals surface area contributed by atoms with Gasteiger partial charge in [0.25, 0.3) is 5.91 Å². The van der Waals surface area contributed by atoms with E-state index in [1.54, 1.807) is 24.5 Å². The highest BCUT2D eigenvalue weighted by molar-refractivity contribution is 6.30. The van der Waals surface area contributed by atoms with E-state index in [9.17, 15) is 9.18 Å². The van der Waals surface area contributed by atoms with Crippen LogP contribution in [0.5, 0.6) is 0 Å². The van der Waals surface area contributed by atoms with Crippen molar-refractivity contribution < 1.29 is 9.18 Å². The molecule has 0 N–H and O–H groups in total. The number of halogens is 2. The summed E-state index contributed by atoms with van der Waals surface area (Å²) in [5.74, 6) is 0.243. The minimum atomic E-state index is -0.455. The molecule has 1 saturated heterocycles. The van der Waals surface area contributed by atoms with Crippen LogP contribution in [-0.4, -0.2) is 51.7 Å².